The number of hydrogen-bond acceptors (Lipinski definition) is 3. The summed E-state index contributed by atoms with van der Waals surface area (Å²) in [7, 11) is 0. The summed E-state index contributed by atoms with van der Waals surface area (Å²) in [5.74, 6) is 0.885. The maximum absolute atomic E-state index is 5.92. The van der Waals surface area contributed by atoms with E-state index in [-0.39, 0.29) is 0 Å². The quantitative estimate of drug-likeness (QED) is 0.891. The summed E-state index contributed by atoms with van der Waals surface area (Å²) in [6.45, 7) is 6.85. The lowest BCUT2D eigenvalue weighted by atomic mass is 10.0. The molecule has 19 heavy (non-hydrogen) atoms. The minimum Gasteiger partial charge on any atom is -0.361 e. The second-order valence-electron chi connectivity index (χ2n) is 4.70. The van der Waals surface area contributed by atoms with Crippen molar-refractivity contribution in [2.45, 2.75) is 39.8 Å². The van der Waals surface area contributed by atoms with Gasteiger partial charge < -0.3 is 9.84 Å². The highest BCUT2D eigenvalue weighted by Crippen LogP contribution is 2.20. The summed E-state index contributed by atoms with van der Waals surface area (Å²) in [5, 5.41) is 8.29. The minimum atomic E-state index is 0.311. The molecule has 3 nitrogen and oxygen atoms in total. The molecule has 1 atom stereocenters. The monoisotopic (exact) mass is 278 g/mol. The lowest BCUT2D eigenvalue weighted by Crippen LogP contribution is -2.20. The van der Waals surface area contributed by atoms with E-state index in [0.29, 0.717) is 6.04 Å². The van der Waals surface area contributed by atoms with Crippen LogP contribution in [-0.4, -0.2) is 5.16 Å². The van der Waals surface area contributed by atoms with Crippen LogP contribution < -0.4 is 5.32 Å². The van der Waals surface area contributed by atoms with Gasteiger partial charge in [0.2, 0.25) is 0 Å². The Labute approximate surface area is 118 Å². The van der Waals surface area contributed by atoms with Gasteiger partial charge in [0.1, 0.15) is 5.76 Å². The maximum atomic E-state index is 5.92. The highest BCUT2D eigenvalue weighted by Gasteiger charge is 2.13. The molecule has 0 unspecified atom stereocenters. The van der Waals surface area contributed by atoms with Crippen LogP contribution in [0, 0.1) is 13.8 Å². The first-order chi connectivity index (χ1) is 9.11. The summed E-state index contributed by atoms with van der Waals surface area (Å²) in [5.41, 5.74) is 3.35. The molecule has 2 aromatic rings. The highest BCUT2D eigenvalue weighted by atomic mass is 35.5. The third-order valence-electron chi connectivity index (χ3n) is 3.39. The number of hydrogen-bond donors (Lipinski definition) is 1. The van der Waals surface area contributed by atoms with E-state index in [1.54, 1.807) is 0 Å². The molecule has 0 fully saturated rings. The molecule has 0 bridgehead atoms. The smallest absolute Gasteiger partial charge is 0.138 e. The molecule has 1 heterocycles. The van der Waals surface area contributed by atoms with Crippen molar-refractivity contribution in [3.05, 3.63) is 51.9 Å². The van der Waals surface area contributed by atoms with Crippen molar-refractivity contribution < 1.29 is 4.52 Å². The van der Waals surface area contributed by atoms with Gasteiger partial charge in [-0.3, -0.25) is 0 Å². The summed E-state index contributed by atoms with van der Waals surface area (Å²) >= 11 is 5.92. The fraction of sp³-hybridized carbons (Fsp3) is 0.400. The molecule has 0 saturated carbocycles. The molecule has 0 aliphatic rings. The number of nitrogens with one attached hydrogen (secondary N) is 1. The van der Waals surface area contributed by atoms with Gasteiger partial charge in [0.25, 0.3) is 0 Å². The molecule has 0 radical (unpaired) electrons. The number of nitrogens with zero attached hydrogens (tertiary/aromatic N) is 1. The number of rotatable bonds is 5. The number of aromatic nitrogens is 1. The molecule has 0 spiro atoms. The molecule has 4 heteroatoms. The van der Waals surface area contributed by atoms with Gasteiger partial charge in [0.05, 0.1) is 5.69 Å². The lowest BCUT2D eigenvalue weighted by Gasteiger charge is -2.17. The Morgan fingerprint density at radius 2 is 1.95 bits per heavy atom. The van der Waals surface area contributed by atoms with E-state index >= 15 is 0 Å². The van der Waals surface area contributed by atoms with E-state index in [4.69, 9.17) is 16.1 Å². The average Bonchev–Trinajstić information content (AvgIpc) is 2.72. The van der Waals surface area contributed by atoms with E-state index in [1.807, 2.05) is 26.0 Å². The van der Waals surface area contributed by atoms with Gasteiger partial charge in [-0.15, -0.1) is 0 Å². The Morgan fingerprint density at radius 3 is 2.47 bits per heavy atom. The summed E-state index contributed by atoms with van der Waals surface area (Å²) in [6, 6.07) is 8.30. The van der Waals surface area contributed by atoms with Crippen LogP contribution in [0.25, 0.3) is 0 Å². The zero-order valence-corrected chi connectivity index (χ0v) is 12.3. The predicted molar refractivity (Wildman–Crippen MR) is 77.3 cm³/mol. The molecular formula is C15H19ClN2O. The second-order valence-corrected chi connectivity index (χ2v) is 5.13. The zero-order chi connectivity index (χ0) is 13.8. The third kappa shape index (κ3) is 3.37. The Kier molecular flexibility index (Phi) is 4.61. The second kappa shape index (κ2) is 6.22. The fourth-order valence-corrected chi connectivity index (χ4v) is 2.30. The first-order valence-electron chi connectivity index (χ1n) is 6.52. The van der Waals surface area contributed by atoms with Crippen LogP contribution in [0.1, 0.15) is 42.0 Å². The molecule has 1 N–H and O–H groups in total. The largest absolute Gasteiger partial charge is 0.361 e. The van der Waals surface area contributed by atoms with Crippen LogP contribution in [-0.2, 0) is 6.54 Å². The topological polar surface area (TPSA) is 38.1 Å². The molecule has 2 rings (SSSR count). The molecular weight excluding hydrogens is 260 g/mol. The van der Waals surface area contributed by atoms with Gasteiger partial charge in [-0.2, -0.15) is 0 Å². The molecule has 0 amide bonds. The van der Waals surface area contributed by atoms with Crippen molar-refractivity contribution in [3.8, 4) is 0 Å². The number of halogens is 1. The van der Waals surface area contributed by atoms with E-state index in [2.05, 4.69) is 29.5 Å². The molecule has 1 aromatic carbocycles. The fourth-order valence-electron chi connectivity index (χ4n) is 2.17. The first kappa shape index (κ1) is 14.1. The third-order valence-corrected chi connectivity index (χ3v) is 3.64. The van der Waals surface area contributed by atoms with E-state index in [0.717, 1.165) is 35.0 Å². The molecule has 0 aliphatic carbocycles. The van der Waals surface area contributed by atoms with Gasteiger partial charge in [-0.05, 0) is 38.0 Å². The Bertz CT molecular complexity index is 514. The van der Waals surface area contributed by atoms with E-state index in [1.165, 1.54) is 5.56 Å². The van der Waals surface area contributed by atoms with Crippen LogP contribution in [0.4, 0.5) is 0 Å². The zero-order valence-electron chi connectivity index (χ0n) is 11.5. The molecule has 102 valence electrons. The van der Waals surface area contributed by atoms with Crippen molar-refractivity contribution in [1.82, 2.24) is 10.5 Å². The van der Waals surface area contributed by atoms with Gasteiger partial charge in [0, 0.05) is 23.2 Å². The minimum absolute atomic E-state index is 0.311. The molecule has 1 aromatic heterocycles. The van der Waals surface area contributed by atoms with E-state index in [9.17, 15) is 0 Å². The van der Waals surface area contributed by atoms with E-state index < -0.39 is 0 Å². The lowest BCUT2D eigenvalue weighted by molar-refractivity contribution is 0.391. The molecule has 0 saturated heterocycles. The van der Waals surface area contributed by atoms with Crippen molar-refractivity contribution in [2.75, 3.05) is 0 Å². The first-order valence-corrected chi connectivity index (χ1v) is 6.90. The van der Waals surface area contributed by atoms with Crippen LogP contribution in [0.5, 0.6) is 0 Å². The summed E-state index contributed by atoms with van der Waals surface area (Å²) in [6.07, 6.45) is 1.02. The number of aryl methyl sites for hydroxylation is 2. The molecule has 0 aliphatic heterocycles. The van der Waals surface area contributed by atoms with Crippen LogP contribution in [0.15, 0.2) is 28.8 Å². The van der Waals surface area contributed by atoms with Crippen LogP contribution >= 0.6 is 11.6 Å². The van der Waals surface area contributed by atoms with Crippen molar-refractivity contribution >= 4 is 11.6 Å². The van der Waals surface area contributed by atoms with Gasteiger partial charge in [-0.1, -0.05) is 35.8 Å². The standard InChI is InChI=1S/C15H19ClN2O/c1-4-15(12-5-7-13(16)8-6-12)17-9-14-10(2)18-19-11(14)3/h5-8,15,17H,4,9H2,1-3H3/t15-/m0/s1. The Balaban J connectivity index is 2.06. The Morgan fingerprint density at radius 1 is 1.26 bits per heavy atom. The van der Waals surface area contributed by atoms with Gasteiger partial charge in [-0.25, -0.2) is 0 Å². The summed E-state index contributed by atoms with van der Waals surface area (Å²) in [4.78, 5) is 0. The van der Waals surface area contributed by atoms with Gasteiger partial charge >= 0.3 is 0 Å². The van der Waals surface area contributed by atoms with Gasteiger partial charge in [0.15, 0.2) is 0 Å². The maximum Gasteiger partial charge on any atom is 0.138 e. The average molecular weight is 279 g/mol. The van der Waals surface area contributed by atoms with Crippen molar-refractivity contribution in [3.63, 3.8) is 0 Å². The van der Waals surface area contributed by atoms with Crippen molar-refractivity contribution in [2.24, 2.45) is 0 Å². The highest BCUT2D eigenvalue weighted by molar-refractivity contribution is 6.30. The van der Waals surface area contributed by atoms with Crippen LogP contribution in [0.2, 0.25) is 5.02 Å². The van der Waals surface area contributed by atoms with Crippen LogP contribution in [0.3, 0.4) is 0 Å². The Hall–Kier alpha value is -1.32. The normalized spacial score (nSPS) is 12.6. The van der Waals surface area contributed by atoms with Crippen molar-refractivity contribution in [1.29, 1.82) is 0 Å². The summed E-state index contributed by atoms with van der Waals surface area (Å²) < 4.78 is 5.18. The predicted octanol–water partition coefficient (Wildman–Crippen LogP) is 4.19. The SMILES string of the molecule is CC[C@H](NCc1c(C)noc1C)c1ccc(Cl)cc1. The number of benzene rings is 1.